The highest BCUT2D eigenvalue weighted by atomic mass is 32.1. The van der Waals surface area contributed by atoms with E-state index in [1.54, 1.807) is 0 Å². The van der Waals surface area contributed by atoms with Crippen molar-refractivity contribution in [3.8, 4) is 6.07 Å². The molecule has 1 nitrogen and oxygen atoms in total. The van der Waals surface area contributed by atoms with Crippen molar-refractivity contribution in [2.75, 3.05) is 0 Å². The number of benzene rings is 1. The van der Waals surface area contributed by atoms with Crippen LogP contribution in [0.5, 0.6) is 0 Å². The van der Waals surface area contributed by atoms with E-state index in [1.807, 2.05) is 0 Å². The first-order chi connectivity index (χ1) is 6.36. The molecule has 0 saturated heterocycles. The SMILES string of the molecule is N#Cc1cc(S)cc(F)c1C(F)(F)F. The molecule has 0 amide bonds. The van der Waals surface area contributed by atoms with Gasteiger partial charge in [0.25, 0.3) is 0 Å². The molecule has 0 aliphatic heterocycles. The van der Waals surface area contributed by atoms with Crippen molar-refractivity contribution < 1.29 is 17.6 Å². The smallest absolute Gasteiger partial charge is 0.206 e. The molecule has 1 aromatic carbocycles. The van der Waals surface area contributed by atoms with Crippen LogP contribution in [0, 0.1) is 17.1 Å². The predicted octanol–water partition coefficient (Wildman–Crippen LogP) is 3.00. The summed E-state index contributed by atoms with van der Waals surface area (Å²) < 4.78 is 49.5. The summed E-state index contributed by atoms with van der Waals surface area (Å²) in [5.41, 5.74) is -2.31. The van der Waals surface area contributed by atoms with Crippen LogP contribution >= 0.6 is 12.6 Å². The molecule has 0 aliphatic carbocycles. The number of nitriles is 1. The van der Waals surface area contributed by atoms with Crippen LogP contribution in [0.3, 0.4) is 0 Å². The molecule has 0 atom stereocenters. The average molecular weight is 221 g/mol. The van der Waals surface area contributed by atoms with E-state index in [-0.39, 0.29) is 4.90 Å². The van der Waals surface area contributed by atoms with Crippen LogP contribution in [0.4, 0.5) is 17.6 Å². The average Bonchev–Trinajstić information content (AvgIpc) is 1.99. The summed E-state index contributed by atoms with van der Waals surface area (Å²) in [7, 11) is 0. The molecular weight excluding hydrogens is 218 g/mol. The third-order valence-electron chi connectivity index (χ3n) is 1.48. The highest BCUT2D eigenvalue weighted by Gasteiger charge is 2.37. The maximum absolute atomic E-state index is 12.9. The van der Waals surface area contributed by atoms with Crippen LogP contribution in [0.1, 0.15) is 11.1 Å². The summed E-state index contributed by atoms with van der Waals surface area (Å²) in [6.07, 6.45) is -4.86. The fourth-order valence-electron chi connectivity index (χ4n) is 0.969. The van der Waals surface area contributed by atoms with E-state index >= 15 is 0 Å². The lowest BCUT2D eigenvalue weighted by atomic mass is 10.1. The fourth-order valence-corrected chi connectivity index (χ4v) is 1.21. The normalized spacial score (nSPS) is 11.1. The van der Waals surface area contributed by atoms with E-state index in [1.165, 1.54) is 6.07 Å². The Bertz CT molecular complexity index is 405. The molecule has 6 heteroatoms. The van der Waals surface area contributed by atoms with Gasteiger partial charge in [-0.15, -0.1) is 12.6 Å². The van der Waals surface area contributed by atoms with Crippen LogP contribution < -0.4 is 0 Å². The number of rotatable bonds is 0. The van der Waals surface area contributed by atoms with Gasteiger partial charge in [0.05, 0.1) is 11.6 Å². The molecule has 1 rings (SSSR count). The van der Waals surface area contributed by atoms with Crippen molar-refractivity contribution in [3.63, 3.8) is 0 Å². The Hall–Kier alpha value is -1.22. The molecule has 74 valence electrons. The minimum Gasteiger partial charge on any atom is -0.206 e. The maximum atomic E-state index is 12.9. The Kier molecular flexibility index (Phi) is 2.71. The van der Waals surface area contributed by atoms with E-state index in [9.17, 15) is 17.6 Å². The molecule has 0 spiro atoms. The first kappa shape index (κ1) is 10.9. The molecule has 1 aromatic rings. The third kappa shape index (κ3) is 1.99. The van der Waals surface area contributed by atoms with Crippen molar-refractivity contribution >= 4 is 12.6 Å². The Labute approximate surface area is 82.4 Å². The Morgan fingerprint density at radius 1 is 1.29 bits per heavy atom. The van der Waals surface area contributed by atoms with Gasteiger partial charge in [0, 0.05) is 4.90 Å². The minimum absolute atomic E-state index is 0.0212. The Morgan fingerprint density at radius 3 is 2.29 bits per heavy atom. The van der Waals surface area contributed by atoms with Crippen LogP contribution in [-0.4, -0.2) is 0 Å². The maximum Gasteiger partial charge on any atom is 0.420 e. The van der Waals surface area contributed by atoms with Gasteiger partial charge in [-0.3, -0.25) is 0 Å². The number of hydrogen-bond donors (Lipinski definition) is 1. The highest BCUT2D eigenvalue weighted by molar-refractivity contribution is 7.80. The molecule has 14 heavy (non-hydrogen) atoms. The number of hydrogen-bond acceptors (Lipinski definition) is 2. The quantitative estimate of drug-likeness (QED) is 0.528. The van der Waals surface area contributed by atoms with Crippen molar-refractivity contribution in [2.45, 2.75) is 11.1 Å². The highest BCUT2D eigenvalue weighted by Crippen LogP contribution is 2.34. The van der Waals surface area contributed by atoms with Crippen molar-refractivity contribution in [2.24, 2.45) is 0 Å². The van der Waals surface area contributed by atoms with Crippen LogP contribution in [0.2, 0.25) is 0 Å². The summed E-state index contributed by atoms with van der Waals surface area (Å²) in [5.74, 6) is -1.48. The third-order valence-corrected chi connectivity index (χ3v) is 1.74. The predicted molar refractivity (Wildman–Crippen MR) is 43.4 cm³/mol. The van der Waals surface area contributed by atoms with Gasteiger partial charge < -0.3 is 0 Å². The van der Waals surface area contributed by atoms with Gasteiger partial charge in [-0.2, -0.15) is 18.4 Å². The number of thiol groups is 1. The summed E-state index contributed by atoms with van der Waals surface area (Å²) in [6, 6.07) is 2.76. The van der Waals surface area contributed by atoms with Gasteiger partial charge in [0.2, 0.25) is 0 Å². The van der Waals surface area contributed by atoms with Gasteiger partial charge in [0.15, 0.2) is 0 Å². The van der Waals surface area contributed by atoms with Gasteiger partial charge >= 0.3 is 6.18 Å². The molecule has 0 aliphatic rings. The van der Waals surface area contributed by atoms with Crippen molar-refractivity contribution in [1.29, 1.82) is 5.26 Å². The first-order valence-electron chi connectivity index (χ1n) is 3.36. The zero-order chi connectivity index (χ0) is 10.9. The number of halogens is 4. The molecule has 0 unspecified atom stereocenters. The van der Waals surface area contributed by atoms with Crippen molar-refractivity contribution in [3.05, 3.63) is 29.1 Å². The molecule has 0 aromatic heterocycles. The molecule has 0 bridgehead atoms. The number of nitrogens with zero attached hydrogens (tertiary/aromatic N) is 1. The topological polar surface area (TPSA) is 23.8 Å². The largest absolute Gasteiger partial charge is 0.420 e. The molecule has 0 N–H and O–H groups in total. The standard InChI is InChI=1S/C8H3F4NS/c9-6-2-5(14)1-4(3-13)7(6)8(10,11)12/h1-2,14H. The summed E-state index contributed by atoms with van der Waals surface area (Å²) >= 11 is 3.66. The zero-order valence-electron chi connectivity index (χ0n) is 6.56. The zero-order valence-corrected chi connectivity index (χ0v) is 7.46. The van der Waals surface area contributed by atoms with Gasteiger partial charge in [0.1, 0.15) is 11.4 Å². The molecule has 0 heterocycles. The number of alkyl halides is 3. The second-order valence-electron chi connectivity index (χ2n) is 2.46. The monoisotopic (exact) mass is 221 g/mol. The second-order valence-corrected chi connectivity index (χ2v) is 2.98. The lowest BCUT2D eigenvalue weighted by Crippen LogP contribution is -2.11. The van der Waals surface area contributed by atoms with Crippen LogP contribution in [0.25, 0.3) is 0 Å². The molecule has 0 radical (unpaired) electrons. The van der Waals surface area contributed by atoms with Gasteiger partial charge in [-0.1, -0.05) is 0 Å². The van der Waals surface area contributed by atoms with Gasteiger partial charge in [-0.05, 0) is 12.1 Å². The van der Waals surface area contributed by atoms with Crippen LogP contribution in [-0.2, 0) is 6.18 Å². The van der Waals surface area contributed by atoms with Crippen molar-refractivity contribution in [1.82, 2.24) is 0 Å². The fraction of sp³-hybridized carbons (Fsp3) is 0.125. The van der Waals surface area contributed by atoms with Gasteiger partial charge in [-0.25, -0.2) is 4.39 Å². The molecule has 0 saturated carbocycles. The van der Waals surface area contributed by atoms with E-state index in [2.05, 4.69) is 12.6 Å². The Morgan fingerprint density at radius 2 is 1.86 bits per heavy atom. The summed E-state index contributed by atoms with van der Waals surface area (Å²) in [5, 5.41) is 8.38. The lowest BCUT2D eigenvalue weighted by molar-refractivity contribution is -0.140. The first-order valence-corrected chi connectivity index (χ1v) is 3.81. The second kappa shape index (κ2) is 3.50. The summed E-state index contributed by atoms with van der Waals surface area (Å²) in [6.45, 7) is 0. The van der Waals surface area contributed by atoms with E-state index in [4.69, 9.17) is 5.26 Å². The Balaban J connectivity index is 3.51. The lowest BCUT2D eigenvalue weighted by Gasteiger charge is -2.09. The molecular formula is C8H3F4NS. The van der Waals surface area contributed by atoms with E-state index in [0.29, 0.717) is 6.07 Å². The van der Waals surface area contributed by atoms with E-state index in [0.717, 1.165) is 6.07 Å². The minimum atomic E-state index is -4.86. The molecule has 0 fully saturated rings. The van der Waals surface area contributed by atoms with E-state index < -0.39 is 23.1 Å². The van der Waals surface area contributed by atoms with Crippen LogP contribution in [0.15, 0.2) is 17.0 Å². The summed E-state index contributed by atoms with van der Waals surface area (Å²) in [4.78, 5) is -0.0212.